The van der Waals surface area contributed by atoms with Gasteiger partial charge in [0.05, 0.1) is 10.3 Å². The number of non-ortho nitro benzene ring substituents is 1. The first-order valence-electron chi connectivity index (χ1n) is 7.08. The SMILES string of the molecule is Cc1cc([N+](=O)[O-])ccc1C(=O)N(C)C1CCCCC1Cl. The summed E-state index contributed by atoms with van der Waals surface area (Å²) in [5.74, 6) is -0.125. The smallest absolute Gasteiger partial charge is 0.269 e. The normalized spacial score (nSPS) is 21.9. The molecular formula is C15H19ClN2O3. The van der Waals surface area contributed by atoms with E-state index in [9.17, 15) is 14.9 Å². The van der Waals surface area contributed by atoms with Gasteiger partial charge in [-0.25, -0.2) is 0 Å². The molecule has 1 aliphatic carbocycles. The maximum atomic E-state index is 12.6. The first kappa shape index (κ1) is 15.8. The second-order valence-electron chi connectivity index (χ2n) is 5.54. The number of rotatable bonds is 3. The largest absolute Gasteiger partial charge is 0.337 e. The predicted molar refractivity (Wildman–Crippen MR) is 81.8 cm³/mol. The van der Waals surface area contributed by atoms with Gasteiger partial charge in [-0.05, 0) is 31.4 Å². The average Bonchev–Trinajstić information content (AvgIpc) is 2.46. The molecule has 0 aromatic heterocycles. The van der Waals surface area contributed by atoms with Crippen molar-refractivity contribution in [2.75, 3.05) is 7.05 Å². The van der Waals surface area contributed by atoms with Crippen LogP contribution in [0.25, 0.3) is 0 Å². The molecule has 2 unspecified atom stereocenters. The Kier molecular flexibility index (Phi) is 4.83. The van der Waals surface area contributed by atoms with Crippen molar-refractivity contribution < 1.29 is 9.72 Å². The van der Waals surface area contributed by atoms with Gasteiger partial charge in [-0.1, -0.05) is 12.8 Å². The van der Waals surface area contributed by atoms with E-state index in [4.69, 9.17) is 11.6 Å². The number of amides is 1. The Morgan fingerprint density at radius 2 is 2.05 bits per heavy atom. The zero-order chi connectivity index (χ0) is 15.6. The van der Waals surface area contributed by atoms with Gasteiger partial charge in [0, 0.05) is 30.8 Å². The monoisotopic (exact) mass is 310 g/mol. The zero-order valence-corrected chi connectivity index (χ0v) is 13.0. The van der Waals surface area contributed by atoms with Crippen molar-refractivity contribution in [3.8, 4) is 0 Å². The molecule has 114 valence electrons. The van der Waals surface area contributed by atoms with Gasteiger partial charge in [0.1, 0.15) is 0 Å². The number of hydrogen-bond donors (Lipinski definition) is 0. The highest BCUT2D eigenvalue weighted by Crippen LogP contribution is 2.28. The Hall–Kier alpha value is -1.62. The van der Waals surface area contributed by atoms with Gasteiger partial charge in [0.15, 0.2) is 0 Å². The van der Waals surface area contributed by atoms with E-state index in [0.717, 1.165) is 25.7 Å². The van der Waals surface area contributed by atoms with E-state index in [-0.39, 0.29) is 23.0 Å². The molecule has 0 aliphatic heterocycles. The van der Waals surface area contributed by atoms with E-state index in [1.54, 1.807) is 18.9 Å². The van der Waals surface area contributed by atoms with Crippen LogP contribution in [-0.4, -0.2) is 34.2 Å². The van der Waals surface area contributed by atoms with Crippen molar-refractivity contribution in [2.24, 2.45) is 0 Å². The lowest BCUT2D eigenvalue weighted by atomic mass is 9.93. The summed E-state index contributed by atoms with van der Waals surface area (Å²) in [7, 11) is 1.76. The van der Waals surface area contributed by atoms with Crippen LogP contribution in [0.3, 0.4) is 0 Å². The minimum atomic E-state index is -0.457. The summed E-state index contributed by atoms with van der Waals surface area (Å²) in [5.41, 5.74) is 1.11. The van der Waals surface area contributed by atoms with E-state index in [2.05, 4.69) is 0 Å². The fourth-order valence-corrected chi connectivity index (χ4v) is 3.29. The van der Waals surface area contributed by atoms with Crippen molar-refractivity contribution in [3.05, 3.63) is 39.4 Å². The number of alkyl halides is 1. The molecule has 2 atom stereocenters. The lowest BCUT2D eigenvalue weighted by Gasteiger charge is -2.35. The van der Waals surface area contributed by atoms with Crippen molar-refractivity contribution >= 4 is 23.2 Å². The number of aryl methyl sites for hydroxylation is 1. The number of carbonyl (C=O) groups is 1. The molecular weight excluding hydrogens is 292 g/mol. The molecule has 1 saturated carbocycles. The Labute approximate surface area is 129 Å². The molecule has 2 rings (SSSR count). The molecule has 21 heavy (non-hydrogen) atoms. The van der Waals surface area contributed by atoms with Gasteiger partial charge in [0.2, 0.25) is 0 Å². The molecule has 1 aromatic rings. The van der Waals surface area contributed by atoms with Gasteiger partial charge in [0.25, 0.3) is 11.6 Å². The highest BCUT2D eigenvalue weighted by atomic mass is 35.5. The molecule has 5 nitrogen and oxygen atoms in total. The zero-order valence-electron chi connectivity index (χ0n) is 12.2. The molecule has 0 radical (unpaired) electrons. The van der Waals surface area contributed by atoms with Gasteiger partial charge < -0.3 is 4.90 Å². The number of carbonyl (C=O) groups excluding carboxylic acids is 1. The topological polar surface area (TPSA) is 63.5 Å². The summed E-state index contributed by atoms with van der Waals surface area (Å²) in [6, 6.07) is 4.36. The number of nitro benzene ring substituents is 1. The first-order chi connectivity index (χ1) is 9.91. The highest BCUT2D eigenvalue weighted by molar-refractivity contribution is 6.21. The van der Waals surface area contributed by atoms with Gasteiger partial charge in [-0.3, -0.25) is 14.9 Å². The molecule has 1 amide bonds. The van der Waals surface area contributed by atoms with E-state index >= 15 is 0 Å². The number of hydrogen-bond acceptors (Lipinski definition) is 3. The number of benzene rings is 1. The van der Waals surface area contributed by atoms with Crippen LogP contribution in [0, 0.1) is 17.0 Å². The fraction of sp³-hybridized carbons (Fsp3) is 0.533. The molecule has 1 fully saturated rings. The van der Waals surface area contributed by atoms with Crippen LogP contribution in [0.15, 0.2) is 18.2 Å². The van der Waals surface area contributed by atoms with E-state index in [0.29, 0.717) is 11.1 Å². The molecule has 1 aliphatic rings. The van der Waals surface area contributed by atoms with E-state index in [1.165, 1.54) is 18.2 Å². The Balaban J connectivity index is 2.21. The first-order valence-corrected chi connectivity index (χ1v) is 7.51. The van der Waals surface area contributed by atoms with E-state index < -0.39 is 4.92 Å². The maximum absolute atomic E-state index is 12.6. The fourth-order valence-electron chi connectivity index (χ4n) is 2.84. The molecule has 6 heteroatoms. The van der Waals surface area contributed by atoms with Crippen LogP contribution in [0.4, 0.5) is 5.69 Å². The minimum absolute atomic E-state index is 0.000380. The van der Waals surface area contributed by atoms with Crippen molar-refractivity contribution in [2.45, 2.75) is 44.0 Å². The van der Waals surface area contributed by atoms with Crippen molar-refractivity contribution in [1.82, 2.24) is 4.90 Å². The van der Waals surface area contributed by atoms with E-state index in [1.807, 2.05) is 0 Å². The Morgan fingerprint density at radius 3 is 2.62 bits per heavy atom. The molecule has 1 aromatic carbocycles. The lowest BCUT2D eigenvalue weighted by Crippen LogP contribution is -2.44. The average molecular weight is 311 g/mol. The third-order valence-corrected chi connectivity index (χ3v) is 4.63. The third-order valence-electron chi connectivity index (χ3n) is 4.12. The van der Waals surface area contributed by atoms with Crippen LogP contribution < -0.4 is 0 Å². The third kappa shape index (κ3) is 3.35. The molecule has 0 bridgehead atoms. The summed E-state index contributed by atoms with van der Waals surface area (Å²) in [6.45, 7) is 1.72. The molecule has 0 N–H and O–H groups in total. The molecule has 0 spiro atoms. The second-order valence-corrected chi connectivity index (χ2v) is 6.10. The van der Waals surface area contributed by atoms with Crippen molar-refractivity contribution in [3.63, 3.8) is 0 Å². The molecule has 0 heterocycles. The quantitative estimate of drug-likeness (QED) is 0.487. The standard InChI is InChI=1S/C15H19ClN2O3/c1-10-9-11(18(20)21)7-8-12(10)15(19)17(2)14-6-4-3-5-13(14)16/h7-9,13-14H,3-6H2,1-2H3. The number of nitrogens with zero attached hydrogens (tertiary/aromatic N) is 2. The highest BCUT2D eigenvalue weighted by Gasteiger charge is 2.30. The van der Waals surface area contributed by atoms with Crippen LogP contribution in [-0.2, 0) is 0 Å². The number of halogens is 1. The van der Waals surface area contributed by atoms with Crippen LogP contribution in [0.2, 0.25) is 0 Å². The number of nitro groups is 1. The van der Waals surface area contributed by atoms with Gasteiger partial charge >= 0.3 is 0 Å². The maximum Gasteiger partial charge on any atom is 0.269 e. The summed E-state index contributed by atoms with van der Waals surface area (Å²) >= 11 is 6.33. The van der Waals surface area contributed by atoms with Crippen LogP contribution in [0.1, 0.15) is 41.6 Å². The Bertz CT molecular complexity index is 562. The van der Waals surface area contributed by atoms with Crippen molar-refractivity contribution in [1.29, 1.82) is 0 Å². The van der Waals surface area contributed by atoms with Crippen LogP contribution >= 0.6 is 11.6 Å². The second kappa shape index (κ2) is 6.43. The summed E-state index contributed by atoms with van der Waals surface area (Å²) < 4.78 is 0. The minimum Gasteiger partial charge on any atom is -0.337 e. The summed E-state index contributed by atoms with van der Waals surface area (Å²) in [4.78, 5) is 24.6. The Morgan fingerprint density at radius 1 is 1.38 bits per heavy atom. The van der Waals surface area contributed by atoms with Crippen LogP contribution in [0.5, 0.6) is 0 Å². The van der Waals surface area contributed by atoms with Gasteiger partial charge in [-0.15, -0.1) is 11.6 Å². The molecule has 0 saturated heterocycles. The predicted octanol–water partition coefficient (Wildman–Crippen LogP) is 3.53. The summed E-state index contributed by atoms with van der Waals surface area (Å²) in [6.07, 6.45) is 4.00. The summed E-state index contributed by atoms with van der Waals surface area (Å²) in [5, 5.41) is 10.7. The lowest BCUT2D eigenvalue weighted by molar-refractivity contribution is -0.384. The van der Waals surface area contributed by atoms with Gasteiger partial charge in [-0.2, -0.15) is 0 Å².